The summed E-state index contributed by atoms with van der Waals surface area (Å²) in [7, 11) is 3.46. The molecule has 0 atom stereocenters. The highest BCUT2D eigenvalue weighted by Gasteiger charge is 2.27. The van der Waals surface area contributed by atoms with Crippen LogP contribution in [0.25, 0.3) is 5.69 Å². The van der Waals surface area contributed by atoms with Crippen LogP contribution >= 0.6 is 12.2 Å². The van der Waals surface area contributed by atoms with Gasteiger partial charge in [0.15, 0.2) is 5.11 Å². The minimum Gasteiger partial charge on any atom is -0.497 e. The minimum atomic E-state index is -0.415. The first-order valence-electron chi connectivity index (χ1n) is 7.37. The number of hydrogen-bond donors (Lipinski definition) is 2. The molecule has 2 aromatic rings. The molecule has 0 saturated heterocycles. The van der Waals surface area contributed by atoms with Gasteiger partial charge in [-0.3, -0.25) is 4.52 Å². The van der Waals surface area contributed by atoms with Crippen LogP contribution in [0.4, 0.5) is 0 Å². The standard InChI is InChI=1S/C15H18N4O3S/c1-18(15(23)16-10-3-4-10)9-13-14(20)22-17-19(13)11-5-7-12(21-2)8-6-11/h5-8,10H,3-4,9H2,1-2H3,(H-,16,17,20,23)/p+1. The van der Waals surface area contributed by atoms with Crippen LogP contribution in [0, 0.1) is 0 Å². The van der Waals surface area contributed by atoms with E-state index in [9.17, 15) is 4.79 Å². The minimum absolute atomic E-state index is 0.344. The summed E-state index contributed by atoms with van der Waals surface area (Å²) in [5.41, 5.74) is 0.834. The van der Waals surface area contributed by atoms with E-state index in [1.54, 1.807) is 11.8 Å². The Morgan fingerprint density at radius 1 is 1.48 bits per heavy atom. The SMILES string of the molecule is COc1ccc(-[n+]2[nH]oc(=O)c2CN(C)C(=S)NC2CC2)cc1. The second-order valence-electron chi connectivity index (χ2n) is 5.54. The van der Waals surface area contributed by atoms with Gasteiger partial charge in [-0.15, -0.1) is 0 Å². The molecule has 8 heteroatoms. The van der Waals surface area contributed by atoms with Gasteiger partial charge in [0.05, 0.1) is 7.11 Å². The fourth-order valence-electron chi connectivity index (χ4n) is 2.18. The summed E-state index contributed by atoms with van der Waals surface area (Å²) in [5.74, 6) is 0.744. The molecule has 1 aromatic carbocycles. The summed E-state index contributed by atoms with van der Waals surface area (Å²) in [6.07, 6.45) is 2.29. The molecule has 1 heterocycles. The molecule has 7 nitrogen and oxygen atoms in total. The lowest BCUT2D eigenvalue weighted by Gasteiger charge is -2.18. The molecule has 3 rings (SSSR count). The molecule has 0 bridgehead atoms. The average Bonchev–Trinajstić information content (AvgIpc) is 3.31. The smallest absolute Gasteiger partial charge is 0.432 e. The van der Waals surface area contributed by atoms with Crippen LogP contribution < -0.4 is 20.4 Å². The molecular weight excluding hydrogens is 316 g/mol. The maximum Gasteiger partial charge on any atom is 0.432 e. The third-order valence-electron chi connectivity index (χ3n) is 3.70. The number of nitrogens with one attached hydrogen (secondary N) is 2. The molecule has 0 amide bonds. The third-order valence-corrected chi connectivity index (χ3v) is 4.13. The molecule has 1 aliphatic carbocycles. The predicted octanol–water partition coefficient (Wildman–Crippen LogP) is 0.722. The predicted molar refractivity (Wildman–Crippen MR) is 87.6 cm³/mol. The number of ether oxygens (including phenoxy) is 1. The van der Waals surface area contributed by atoms with Crippen molar-refractivity contribution < 1.29 is 13.9 Å². The molecule has 23 heavy (non-hydrogen) atoms. The Hall–Kier alpha value is -2.35. The van der Waals surface area contributed by atoms with E-state index in [4.69, 9.17) is 21.5 Å². The Morgan fingerprint density at radius 2 is 2.17 bits per heavy atom. The van der Waals surface area contributed by atoms with E-state index >= 15 is 0 Å². The second-order valence-corrected chi connectivity index (χ2v) is 5.93. The Balaban J connectivity index is 1.80. The van der Waals surface area contributed by atoms with Crippen LogP contribution in [-0.2, 0) is 6.54 Å². The number of H-pyrrole nitrogens is 1. The lowest BCUT2D eigenvalue weighted by Crippen LogP contribution is -2.44. The van der Waals surface area contributed by atoms with Crippen molar-refractivity contribution in [3.8, 4) is 11.4 Å². The molecule has 1 aromatic heterocycles. The topological polar surface area (TPSA) is 74.4 Å². The van der Waals surface area contributed by atoms with Gasteiger partial charge in [-0.2, -0.15) is 0 Å². The van der Waals surface area contributed by atoms with Crippen LogP contribution in [0.5, 0.6) is 5.75 Å². The van der Waals surface area contributed by atoms with Gasteiger partial charge in [-0.1, -0.05) is 0 Å². The number of rotatable bonds is 5. The Bertz CT molecular complexity index is 749. The average molecular weight is 335 g/mol. The first-order chi connectivity index (χ1) is 11.1. The molecule has 0 unspecified atom stereocenters. The quantitative estimate of drug-likeness (QED) is 0.620. The normalized spacial score (nSPS) is 13.7. The first-order valence-corrected chi connectivity index (χ1v) is 7.78. The van der Waals surface area contributed by atoms with Gasteiger partial charge in [-0.25, -0.2) is 4.79 Å². The lowest BCUT2D eigenvalue weighted by molar-refractivity contribution is -0.678. The molecule has 0 spiro atoms. The van der Waals surface area contributed by atoms with Crippen LogP contribution in [0.15, 0.2) is 33.6 Å². The van der Waals surface area contributed by atoms with Gasteiger partial charge >= 0.3 is 11.3 Å². The number of methoxy groups -OCH3 is 1. The Kier molecular flexibility index (Phi) is 4.33. The second kappa shape index (κ2) is 6.41. The van der Waals surface area contributed by atoms with Crippen molar-refractivity contribution >= 4 is 17.3 Å². The zero-order valence-electron chi connectivity index (χ0n) is 13.0. The van der Waals surface area contributed by atoms with Crippen molar-refractivity contribution in [1.29, 1.82) is 0 Å². The van der Waals surface area contributed by atoms with Gasteiger partial charge in [-0.05, 0) is 47.1 Å². The summed E-state index contributed by atoms with van der Waals surface area (Å²) in [6.45, 7) is 0.344. The number of aromatic nitrogens is 2. The fraction of sp³-hybridized carbons (Fsp3) is 0.400. The number of thiocarbonyl (C=S) groups is 1. The fourth-order valence-corrected chi connectivity index (χ4v) is 2.41. The van der Waals surface area contributed by atoms with E-state index in [1.165, 1.54) is 0 Å². The largest absolute Gasteiger partial charge is 0.497 e. The summed E-state index contributed by atoms with van der Waals surface area (Å²) in [4.78, 5) is 13.8. The van der Waals surface area contributed by atoms with Crippen LogP contribution in [0.2, 0.25) is 0 Å². The highest BCUT2D eigenvalue weighted by atomic mass is 32.1. The molecule has 1 fully saturated rings. The molecule has 1 saturated carbocycles. The van der Waals surface area contributed by atoms with Crippen molar-refractivity contribution in [2.24, 2.45) is 0 Å². The van der Waals surface area contributed by atoms with Gasteiger partial charge in [0.1, 0.15) is 12.3 Å². The molecule has 2 N–H and O–H groups in total. The van der Waals surface area contributed by atoms with Gasteiger partial charge in [0.25, 0.3) is 0 Å². The summed E-state index contributed by atoms with van der Waals surface area (Å²) in [6, 6.07) is 7.80. The van der Waals surface area contributed by atoms with Crippen molar-refractivity contribution in [3.05, 3.63) is 40.4 Å². The summed E-state index contributed by atoms with van der Waals surface area (Å²) >= 11 is 5.35. The maximum atomic E-state index is 12.0. The number of nitrogens with zero attached hydrogens (tertiary/aromatic N) is 2. The van der Waals surface area contributed by atoms with Gasteiger partial charge in [0, 0.05) is 25.2 Å². The third kappa shape index (κ3) is 3.53. The first kappa shape index (κ1) is 15.5. The Morgan fingerprint density at radius 3 is 2.78 bits per heavy atom. The summed E-state index contributed by atoms with van der Waals surface area (Å²) < 4.78 is 11.7. The molecular formula is C15H19N4O3S+. The zero-order chi connectivity index (χ0) is 16.4. The molecule has 0 radical (unpaired) electrons. The van der Waals surface area contributed by atoms with E-state index in [2.05, 4.69) is 10.6 Å². The molecule has 122 valence electrons. The van der Waals surface area contributed by atoms with Crippen LogP contribution in [-0.4, -0.2) is 35.5 Å². The number of hydrogen-bond acceptors (Lipinski definition) is 4. The highest BCUT2D eigenvalue weighted by molar-refractivity contribution is 7.80. The monoisotopic (exact) mass is 335 g/mol. The molecule has 0 aliphatic heterocycles. The van der Waals surface area contributed by atoms with Crippen molar-refractivity contribution in [3.63, 3.8) is 0 Å². The zero-order valence-corrected chi connectivity index (χ0v) is 13.9. The van der Waals surface area contributed by atoms with Crippen LogP contribution in [0.1, 0.15) is 18.5 Å². The van der Waals surface area contributed by atoms with E-state index < -0.39 is 5.63 Å². The molecule has 1 aliphatic rings. The van der Waals surface area contributed by atoms with E-state index in [-0.39, 0.29) is 0 Å². The number of benzene rings is 1. The maximum absolute atomic E-state index is 12.0. The van der Waals surface area contributed by atoms with Crippen molar-refractivity contribution in [2.75, 3.05) is 14.2 Å². The van der Waals surface area contributed by atoms with Crippen molar-refractivity contribution in [1.82, 2.24) is 15.5 Å². The lowest BCUT2D eigenvalue weighted by atomic mass is 10.3. The van der Waals surface area contributed by atoms with E-state index in [1.807, 2.05) is 36.2 Å². The highest BCUT2D eigenvalue weighted by Crippen LogP contribution is 2.19. The van der Waals surface area contributed by atoms with Crippen LogP contribution in [0.3, 0.4) is 0 Å². The van der Waals surface area contributed by atoms with Gasteiger partial charge in [0.2, 0.25) is 5.69 Å². The van der Waals surface area contributed by atoms with E-state index in [0.717, 1.165) is 24.3 Å². The Labute approximate surface area is 138 Å². The number of aromatic amines is 1. The van der Waals surface area contributed by atoms with E-state index in [0.29, 0.717) is 23.4 Å². The summed E-state index contributed by atoms with van der Waals surface area (Å²) in [5, 5.41) is 6.51. The van der Waals surface area contributed by atoms with Gasteiger partial charge < -0.3 is 15.0 Å². The van der Waals surface area contributed by atoms with Crippen molar-refractivity contribution in [2.45, 2.75) is 25.4 Å².